The first kappa shape index (κ1) is 15.7. The SMILES string of the molecule is O=C1CCCC(c2cccc(F)c2F)CN1CC(F)(F)F. The molecule has 1 aromatic carbocycles. The van der Waals surface area contributed by atoms with Crippen molar-refractivity contribution in [3.8, 4) is 0 Å². The van der Waals surface area contributed by atoms with E-state index in [9.17, 15) is 26.7 Å². The third kappa shape index (κ3) is 3.92. The average Bonchev–Trinajstić information content (AvgIpc) is 2.54. The first-order valence-corrected chi connectivity index (χ1v) is 6.56. The van der Waals surface area contributed by atoms with Crippen LogP contribution in [0.3, 0.4) is 0 Å². The van der Waals surface area contributed by atoms with Gasteiger partial charge in [-0.2, -0.15) is 13.2 Å². The third-order valence-electron chi connectivity index (χ3n) is 3.53. The Morgan fingerprint density at radius 3 is 2.62 bits per heavy atom. The van der Waals surface area contributed by atoms with Crippen LogP contribution >= 0.6 is 0 Å². The molecule has 1 unspecified atom stereocenters. The Morgan fingerprint density at radius 1 is 1.24 bits per heavy atom. The summed E-state index contributed by atoms with van der Waals surface area (Å²) in [6, 6.07) is 3.62. The second-order valence-corrected chi connectivity index (χ2v) is 5.12. The Labute approximate surface area is 118 Å². The monoisotopic (exact) mass is 307 g/mol. The number of amides is 1. The summed E-state index contributed by atoms with van der Waals surface area (Å²) in [6.45, 7) is -1.61. The maximum atomic E-state index is 13.8. The third-order valence-corrected chi connectivity index (χ3v) is 3.53. The zero-order valence-electron chi connectivity index (χ0n) is 11.1. The molecular formula is C14H14F5NO. The van der Waals surface area contributed by atoms with E-state index in [-0.39, 0.29) is 18.5 Å². The van der Waals surface area contributed by atoms with Gasteiger partial charge in [-0.3, -0.25) is 4.79 Å². The van der Waals surface area contributed by atoms with Crippen LogP contribution in [0.15, 0.2) is 18.2 Å². The molecule has 0 bridgehead atoms. The summed E-state index contributed by atoms with van der Waals surface area (Å²) >= 11 is 0. The van der Waals surface area contributed by atoms with Gasteiger partial charge in [-0.05, 0) is 24.5 Å². The van der Waals surface area contributed by atoms with Crippen LogP contribution in [0.25, 0.3) is 0 Å². The van der Waals surface area contributed by atoms with Crippen LogP contribution in [0, 0.1) is 11.6 Å². The highest BCUT2D eigenvalue weighted by atomic mass is 19.4. The normalized spacial score (nSPS) is 20.5. The summed E-state index contributed by atoms with van der Waals surface area (Å²) in [4.78, 5) is 12.4. The van der Waals surface area contributed by atoms with E-state index in [1.54, 1.807) is 0 Å². The summed E-state index contributed by atoms with van der Waals surface area (Å²) < 4.78 is 64.5. The molecule has 1 atom stereocenters. The number of carbonyl (C=O) groups is 1. The van der Waals surface area contributed by atoms with Crippen molar-refractivity contribution in [3.63, 3.8) is 0 Å². The number of alkyl halides is 3. The van der Waals surface area contributed by atoms with Gasteiger partial charge in [-0.1, -0.05) is 12.1 Å². The highest BCUT2D eigenvalue weighted by molar-refractivity contribution is 5.76. The predicted molar refractivity (Wildman–Crippen MR) is 65.6 cm³/mol. The molecule has 1 fully saturated rings. The van der Waals surface area contributed by atoms with Crippen molar-refractivity contribution in [2.24, 2.45) is 0 Å². The second kappa shape index (κ2) is 5.99. The van der Waals surface area contributed by atoms with Gasteiger partial charge in [-0.25, -0.2) is 8.78 Å². The van der Waals surface area contributed by atoms with Gasteiger partial charge in [0.1, 0.15) is 6.54 Å². The van der Waals surface area contributed by atoms with Crippen LogP contribution in [-0.2, 0) is 4.79 Å². The molecule has 21 heavy (non-hydrogen) atoms. The van der Waals surface area contributed by atoms with E-state index in [0.29, 0.717) is 17.7 Å². The fourth-order valence-electron chi connectivity index (χ4n) is 2.58. The lowest BCUT2D eigenvalue weighted by molar-refractivity contribution is -0.160. The molecule has 1 saturated heterocycles. The first-order valence-electron chi connectivity index (χ1n) is 6.56. The summed E-state index contributed by atoms with van der Waals surface area (Å²) in [6.07, 6.45) is -3.82. The Balaban J connectivity index is 2.24. The summed E-state index contributed by atoms with van der Waals surface area (Å²) in [5, 5.41) is 0. The first-order chi connectivity index (χ1) is 9.78. The maximum absolute atomic E-state index is 13.8. The van der Waals surface area contributed by atoms with Crippen molar-refractivity contribution < 1.29 is 26.7 Å². The van der Waals surface area contributed by atoms with Crippen molar-refractivity contribution in [1.29, 1.82) is 0 Å². The van der Waals surface area contributed by atoms with Gasteiger partial charge >= 0.3 is 6.18 Å². The second-order valence-electron chi connectivity index (χ2n) is 5.12. The zero-order valence-corrected chi connectivity index (χ0v) is 11.1. The van der Waals surface area contributed by atoms with Crippen LogP contribution in [0.2, 0.25) is 0 Å². The number of carbonyl (C=O) groups excluding carboxylic acids is 1. The quantitative estimate of drug-likeness (QED) is 0.764. The van der Waals surface area contributed by atoms with E-state index in [0.717, 1.165) is 6.07 Å². The standard InChI is InChI=1S/C14H14F5NO/c15-11-5-2-4-10(13(11)16)9-3-1-6-12(21)20(7-9)8-14(17,18)19/h2,4-5,9H,1,3,6-8H2. The topological polar surface area (TPSA) is 20.3 Å². The molecule has 0 aliphatic carbocycles. The lowest BCUT2D eigenvalue weighted by Crippen LogP contribution is -2.40. The van der Waals surface area contributed by atoms with E-state index in [2.05, 4.69) is 0 Å². The minimum absolute atomic E-state index is 0.0104. The van der Waals surface area contributed by atoms with Crippen molar-refractivity contribution in [2.45, 2.75) is 31.4 Å². The molecule has 1 heterocycles. The van der Waals surface area contributed by atoms with Gasteiger partial charge in [-0.15, -0.1) is 0 Å². The predicted octanol–water partition coefficient (Wildman–Crippen LogP) is 3.62. The van der Waals surface area contributed by atoms with Crippen molar-refractivity contribution >= 4 is 5.91 Å². The maximum Gasteiger partial charge on any atom is 0.406 e. The number of nitrogens with zero attached hydrogens (tertiary/aromatic N) is 1. The molecule has 0 spiro atoms. The number of halogens is 5. The van der Waals surface area contributed by atoms with E-state index in [4.69, 9.17) is 0 Å². The van der Waals surface area contributed by atoms with Gasteiger partial charge in [0.05, 0.1) is 0 Å². The molecule has 0 radical (unpaired) electrons. The number of rotatable bonds is 2. The van der Waals surface area contributed by atoms with Gasteiger partial charge in [0.25, 0.3) is 0 Å². The molecule has 1 aliphatic heterocycles. The minimum atomic E-state index is -4.51. The molecule has 7 heteroatoms. The number of benzene rings is 1. The van der Waals surface area contributed by atoms with Gasteiger partial charge < -0.3 is 4.90 Å². The lowest BCUT2D eigenvalue weighted by atomic mass is 9.93. The van der Waals surface area contributed by atoms with Crippen molar-refractivity contribution in [3.05, 3.63) is 35.4 Å². The van der Waals surface area contributed by atoms with E-state index in [1.165, 1.54) is 12.1 Å². The summed E-state index contributed by atoms with van der Waals surface area (Å²) in [5.74, 6) is -3.32. The number of hydrogen-bond donors (Lipinski definition) is 0. The van der Waals surface area contributed by atoms with E-state index in [1.807, 2.05) is 0 Å². The van der Waals surface area contributed by atoms with Gasteiger partial charge in [0.15, 0.2) is 11.6 Å². The Bertz CT molecular complexity index is 529. The van der Waals surface area contributed by atoms with Crippen LogP contribution in [0.4, 0.5) is 22.0 Å². The largest absolute Gasteiger partial charge is 0.406 e. The highest BCUT2D eigenvalue weighted by Crippen LogP contribution is 2.31. The number of hydrogen-bond acceptors (Lipinski definition) is 1. The average molecular weight is 307 g/mol. The molecule has 2 rings (SSSR count). The lowest BCUT2D eigenvalue weighted by Gasteiger charge is -2.26. The molecule has 1 aromatic rings. The highest BCUT2D eigenvalue weighted by Gasteiger charge is 2.35. The van der Waals surface area contributed by atoms with Crippen LogP contribution < -0.4 is 0 Å². The van der Waals surface area contributed by atoms with Crippen molar-refractivity contribution in [1.82, 2.24) is 4.90 Å². The molecule has 0 N–H and O–H groups in total. The van der Waals surface area contributed by atoms with Gasteiger partial charge in [0.2, 0.25) is 5.91 Å². The molecule has 0 aromatic heterocycles. The molecule has 1 aliphatic rings. The fourth-order valence-corrected chi connectivity index (χ4v) is 2.58. The van der Waals surface area contributed by atoms with Crippen molar-refractivity contribution in [2.75, 3.05) is 13.1 Å². The molecule has 2 nitrogen and oxygen atoms in total. The smallest absolute Gasteiger partial charge is 0.333 e. The zero-order chi connectivity index (χ0) is 15.6. The Kier molecular flexibility index (Phi) is 4.49. The van der Waals surface area contributed by atoms with E-state index >= 15 is 0 Å². The minimum Gasteiger partial charge on any atom is -0.333 e. The Hall–Kier alpha value is -1.66. The molecule has 0 saturated carbocycles. The fraction of sp³-hybridized carbons (Fsp3) is 0.500. The van der Waals surface area contributed by atoms with Crippen LogP contribution in [0.5, 0.6) is 0 Å². The molecule has 116 valence electrons. The summed E-state index contributed by atoms with van der Waals surface area (Å²) in [7, 11) is 0. The Morgan fingerprint density at radius 2 is 1.95 bits per heavy atom. The molecule has 1 amide bonds. The van der Waals surface area contributed by atoms with Gasteiger partial charge in [0, 0.05) is 18.9 Å². The summed E-state index contributed by atoms with van der Waals surface area (Å²) in [5.41, 5.74) is 0.0249. The van der Waals surface area contributed by atoms with Crippen LogP contribution in [0.1, 0.15) is 30.7 Å². The number of likely N-dealkylation sites (tertiary alicyclic amines) is 1. The van der Waals surface area contributed by atoms with Crippen LogP contribution in [-0.4, -0.2) is 30.1 Å². The molecular weight excluding hydrogens is 293 g/mol. The van der Waals surface area contributed by atoms with E-state index < -0.39 is 36.2 Å².